The van der Waals surface area contributed by atoms with E-state index in [4.69, 9.17) is 9.84 Å². The lowest BCUT2D eigenvalue weighted by atomic mass is 9.99. The van der Waals surface area contributed by atoms with Gasteiger partial charge in [0.2, 0.25) is 10.0 Å². The fourth-order valence-corrected chi connectivity index (χ4v) is 7.23. The lowest BCUT2D eigenvalue weighted by molar-refractivity contribution is -0.139. The Morgan fingerprint density at radius 2 is 1.61 bits per heavy atom. The molecule has 222 valence electrons. The Hall–Kier alpha value is -3.09. The molecule has 0 saturated carbocycles. The molecule has 2 heterocycles. The molecule has 1 aliphatic rings. The highest BCUT2D eigenvalue weighted by molar-refractivity contribution is 7.89. The fraction of sp³-hybridized carbons (Fsp3) is 0.433. The number of morpholine rings is 1. The standard InChI is InChI=1S/C30H37FN2O7S/c1-20(2)28-27(21-6-4-3-5-7-21)30(41(38,39)32-14-16-40-17-15-32)29(22-8-10-23(31)11-9-22)33(28)13-12-24(34)18-25(35)19-26(36)37/h3-11,20,24-25,34-35H,12-19H2,1-2H3,(H,36,37)/t24-,25-/m1/s1. The van der Waals surface area contributed by atoms with Gasteiger partial charge < -0.3 is 24.6 Å². The molecule has 2 aromatic carbocycles. The van der Waals surface area contributed by atoms with Crippen molar-refractivity contribution in [2.75, 3.05) is 26.3 Å². The molecule has 11 heteroatoms. The lowest BCUT2D eigenvalue weighted by Crippen LogP contribution is -2.40. The summed E-state index contributed by atoms with van der Waals surface area (Å²) in [5.74, 6) is -1.77. The molecule has 9 nitrogen and oxygen atoms in total. The van der Waals surface area contributed by atoms with Gasteiger partial charge in [-0.2, -0.15) is 4.31 Å². The molecule has 4 rings (SSSR count). The van der Waals surface area contributed by atoms with E-state index in [2.05, 4.69) is 0 Å². The molecule has 0 radical (unpaired) electrons. The van der Waals surface area contributed by atoms with E-state index in [-0.39, 0.29) is 56.5 Å². The third kappa shape index (κ3) is 7.04. The number of aromatic nitrogens is 1. The number of benzene rings is 2. The van der Waals surface area contributed by atoms with Gasteiger partial charge in [0.05, 0.1) is 37.5 Å². The number of carboxylic acid groups (broad SMARTS) is 1. The zero-order valence-electron chi connectivity index (χ0n) is 23.2. The maximum Gasteiger partial charge on any atom is 0.305 e. The first kappa shape index (κ1) is 30.9. The van der Waals surface area contributed by atoms with Gasteiger partial charge in [0.1, 0.15) is 10.7 Å². The molecular weight excluding hydrogens is 551 g/mol. The molecular formula is C30H37FN2O7S. The zero-order valence-corrected chi connectivity index (χ0v) is 24.1. The number of halogens is 1. The molecule has 0 bridgehead atoms. The van der Waals surface area contributed by atoms with Crippen LogP contribution >= 0.6 is 0 Å². The van der Waals surface area contributed by atoms with Crippen molar-refractivity contribution in [2.45, 2.75) is 62.7 Å². The van der Waals surface area contributed by atoms with E-state index < -0.39 is 40.4 Å². The van der Waals surface area contributed by atoms with Crippen LogP contribution in [0.2, 0.25) is 0 Å². The van der Waals surface area contributed by atoms with Crippen molar-refractivity contribution in [1.29, 1.82) is 0 Å². The number of rotatable bonds is 12. The summed E-state index contributed by atoms with van der Waals surface area (Å²) in [5, 5.41) is 29.7. The minimum absolute atomic E-state index is 0.112. The number of aliphatic hydroxyl groups excluding tert-OH is 2. The van der Waals surface area contributed by atoms with Crippen LogP contribution in [-0.2, 0) is 26.1 Å². The van der Waals surface area contributed by atoms with E-state index in [1.165, 1.54) is 16.4 Å². The molecule has 0 aliphatic carbocycles. The van der Waals surface area contributed by atoms with Gasteiger partial charge in [-0.3, -0.25) is 4.79 Å². The summed E-state index contributed by atoms with van der Waals surface area (Å²) in [7, 11) is -4.06. The number of aliphatic hydroxyl groups is 2. The highest BCUT2D eigenvalue weighted by atomic mass is 32.2. The summed E-state index contributed by atoms with van der Waals surface area (Å²) in [6.45, 7) is 5.04. The van der Waals surface area contributed by atoms with Crippen LogP contribution in [0.15, 0.2) is 59.5 Å². The van der Waals surface area contributed by atoms with Gasteiger partial charge in [0, 0.05) is 30.9 Å². The van der Waals surface area contributed by atoms with E-state index in [9.17, 15) is 27.8 Å². The van der Waals surface area contributed by atoms with Gasteiger partial charge in [-0.25, -0.2) is 12.8 Å². The number of ether oxygens (including phenoxy) is 1. The Morgan fingerprint density at radius 1 is 0.976 bits per heavy atom. The molecule has 1 aromatic heterocycles. The summed E-state index contributed by atoms with van der Waals surface area (Å²) >= 11 is 0. The Labute approximate surface area is 239 Å². The molecule has 1 fully saturated rings. The normalized spacial score (nSPS) is 16.1. The highest BCUT2D eigenvalue weighted by Gasteiger charge is 2.37. The average molecular weight is 589 g/mol. The summed E-state index contributed by atoms with van der Waals surface area (Å²) in [6, 6.07) is 14.9. The molecule has 0 amide bonds. The molecule has 2 atom stereocenters. The molecule has 41 heavy (non-hydrogen) atoms. The Morgan fingerprint density at radius 3 is 2.20 bits per heavy atom. The first-order valence-corrected chi connectivity index (χ1v) is 15.2. The average Bonchev–Trinajstić information content (AvgIpc) is 3.29. The van der Waals surface area contributed by atoms with Gasteiger partial charge >= 0.3 is 5.97 Å². The smallest absolute Gasteiger partial charge is 0.305 e. The maximum absolute atomic E-state index is 14.5. The van der Waals surface area contributed by atoms with Crippen LogP contribution in [0.4, 0.5) is 4.39 Å². The van der Waals surface area contributed by atoms with Gasteiger partial charge in [-0.1, -0.05) is 44.2 Å². The lowest BCUT2D eigenvalue weighted by Gasteiger charge is -2.27. The van der Waals surface area contributed by atoms with Crippen LogP contribution < -0.4 is 0 Å². The monoisotopic (exact) mass is 588 g/mol. The van der Waals surface area contributed by atoms with Crippen molar-refractivity contribution in [3.05, 3.63) is 66.1 Å². The van der Waals surface area contributed by atoms with E-state index in [0.717, 1.165) is 5.69 Å². The van der Waals surface area contributed by atoms with Crippen LogP contribution in [-0.4, -0.2) is 77.1 Å². The second-order valence-electron chi connectivity index (χ2n) is 10.6. The minimum Gasteiger partial charge on any atom is -0.481 e. The van der Waals surface area contributed by atoms with Gasteiger partial charge in [0.25, 0.3) is 0 Å². The van der Waals surface area contributed by atoms with E-state index in [0.29, 0.717) is 22.4 Å². The Balaban J connectivity index is 1.95. The second-order valence-corrected chi connectivity index (χ2v) is 12.4. The first-order chi connectivity index (χ1) is 19.5. The van der Waals surface area contributed by atoms with Crippen molar-refractivity contribution in [3.63, 3.8) is 0 Å². The molecule has 1 aliphatic heterocycles. The van der Waals surface area contributed by atoms with Crippen molar-refractivity contribution in [1.82, 2.24) is 8.87 Å². The van der Waals surface area contributed by atoms with Crippen molar-refractivity contribution >= 4 is 16.0 Å². The van der Waals surface area contributed by atoms with Crippen LogP contribution in [0, 0.1) is 5.82 Å². The van der Waals surface area contributed by atoms with Crippen molar-refractivity contribution < 1.29 is 37.7 Å². The summed E-state index contributed by atoms with van der Waals surface area (Å²) in [5.41, 5.74) is 2.88. The van der Waals surface area contributed by atoms with Gasteiger partial charge in [-0.15, -0.1) is 0 Å². The van der Waals surface area contributed by atoms with Crippen LogP contribution in [0.25, 0.3) is 22.4 Å². The quantitative estimate of drug-likeness (QED) is 0.291. The molecule has 3 aromatic rings. The zero-order chi connectivity index (χ0) is 29.7. The summed E-state index contributed by atoms with van der Waals surface area (Å²) in [6.07, 6.45) is -2.75. The second kappa shape index (κ2) is 13.3. The topological polar surface area (TPSA) is 129 Å². The predicted molar refractivity (Wildman–Crippen MR) is 152 cm³/mol. The minimum atomic E-state index is -4.06. The number of nitrogens with zero attached hydrogens (tertiary/aromatic N) is 2. The van der Waals surface area contributed by atoms with E-state index in [1.54, 1.807) is 12.1 Å². The first-order valence-electron chi connectivity index (χ1n) is 13.7. The van der Waals surface area contributed by atoms with Gasteiger partial charge in [-0.05, 0) is 54.2 Å². The van der Waals surface area contributed by atoms with E-state index >= 15 is 0 Å². The highest BCUT2D eigenvalue weighted by Crippen LogP contribution is 2.45. The van der Waals surface area contributed by atoms with Crippen LogP contribution in [0.5, 0.6) is 0 Å². The Bertz CT molecular complexity index is 1430. The van der Waals surface area contributed by atoms with E-state index in [1.807, 2.05) is 48.7 Å². The number of hydrogen-bond acceptors (Lipinski definition) is 6. The van der Waals surface area contributed by atoms with Gasteiger partial charge in [0.15, 0.2) is 0 Å². The molecule has 3 N–H and O–H groups in total. The maximum atomic E-state index is 14.5. The fourth-order valence-electron chi connectivity index (χ4n) is 5.39. The number of aliphatic carboxylic acids is 1. The van der Waals surface area contributed by atoms with Crippen molar-refractivity contribution in [3.8, 4) is 22.4 Å². The third-order valence-electron chi connectivity index (χ3n) is 7.19. The number of sulfonamides is 1. The molecule has 0 unspecified atom stereocenters. The molecule has 1 saturated heterocycles. The largest absolute Gasteiger partial charge is 0.481 e. The SMILES string of the molecule is CC(C)c1c(-c2ccccc2)c(S(=O)(=O)N2CCOCC2)c(-c2ccc(F)cc2)n1CC[C@@H](O)C[C@@H](O)CC(=O)O. The van der Waals surface area contributed by atoms with Crippen molar-refractivity contribution in [2.24, 2.45) is 0 Å². The summed E-state index contributed by atoms with van der Waals surface area (Å²) in [4.78, 5) is 11.1. The number of carbonyl (C=O) groups is 1. The Kier molecular flexibility index (Phi) is 9.98. The predicted octanol–water partition coefficient (Wildman–Crippen LogP) is 4.08. The molecule has 0 spiro atoms. The summed E-state index contributed by atoms with van der Waals surface area (Å²) < 4.78 is 51.7. The third-order valence-corrected chi connectivity index (χ3v) is 9.15. The number of carboxylic acids is 1. The number of hydrogen-bond donors (Lipinski definition) is 3. The van der Waals surface area contributed by atoms with Crippen LogP contribution in [0.3, 0.4) is 0 Å². The van der Waals surface area contributed by atoms with Crippen LogP contribution in [0.1, 0.15) is 44.7 Å².